The molecule has 0 aliphatic rings. The number of rotatable bonds is 3. The van der Waals surface area contributed by atoms with Crippen LogP contribution in [0.3, 0.4) is 0 Å². The first-order chi connectivity index (χ1) is 9.85. The van der Waals surface area contributed by atoms with Crippen molar-refractivity contribution in [1.29, 1.82) is 0 Å². The van der Waals surface area contributed by atoms with Gasteiger partial charge in [0.1, 0.15) is 16.3 Å². The molecule has 2 N–H and O–H groups in total. The zero-order valence-corrected chi connectivity index (χ0v) is 13.1. The van der Waals surface area contributed by atoms with Gasteiger partial charge < -0.3 is 10.2 Å². The number of oxazole rings is 1. The molecular weight excluding hydrogens is 310 g/mol. The van der Waals surface area contributed by atoms with E-state index in [2.05, 4.69) is 9.97 Å². The third-order valence-electron chi connectivity index (χ3n) is 3.05. The van der Waals surface area contributed by atoms with Crippen LogP contribution in [0.4, 0.5) is 5.69 Å². The van der Waals surface area contributed by atoms with Crippen LogP contribution in [0.15, 0.2) is 27.8 Å². The Kier molecular flexibility index (Phi) is 3.22. The van der Waals surface area contributed by atoms with Gasteiger partial charge in [-0.05, 0) is 26.0 Å². The van der Waals surface area contributed by atoms with Crippen LogP contribution in [-0.2, 0) is 15.6 Å². The molecule has 2 aromatic heterocycles. The summed E-state index contributed by atoms with van der Waals surface area (Å²) in [5.41, 5.74) is 7.81. The van der Waals surface area contributed by atoms with Gasteiger partial charge >= 0.3 is 5.22 Å². The van der Waals surface area contributed by atoms with E-state index in [1.165, 1.54) is 11.3 Å². The van der Waals surface area contributed by atoms with Gasteiger partial charge in [0.05, 0.1) is 5.69 Å². The van der Waals surface area contributed by atoms with Crippen LogP contribution < -0.4 is 5.73 Å². The average molecular weight is 323 g/mol. The minimum absolute atomic E-state index is 0.214. The number of hydrogen-bond donors (Lipinski definition) is 1. The van der Waals surface area contributed by atoms with E-state index in [-0.39, 0.29) is 11.0 Å². The fraction of sp³-hybridized carbons (Fsp3) is 0.231. The Hall–Kier alpha value is -1.93. The lowest BCUT2D eigenvalue weighted by molar-refractivity contribution is 0.458. The van der Waals surface area contributed by atoms with Crippen LogP contribution in [0.2, 0.25) is 0 Å². The SMILES string of the molecule is Cc1nc(CS(=O)(=O)c2nc3ccc(N)cc3o2)sc1C. The molecule has 0 unspecified atom stereocenters. The van der Waals surface area contributed by atoms with Crippen LogP contribution in [-0.4, -0.2) is 18.4 Å². The lowest BCUT2D eigenvalue weighted by atomic mass is 10.3. The predicted molar refractivity (Wildman–Crippen MR) is 80.9 cm³/mol. The second-order valence-corrected chi connectivity index (χ2v) is 7.87. The number of fused-ring (bicyclic) bond motifs is 1. The summed E-state index contributed by atoms with van der Waals surface area (Å²) < 4.78 is 30.0. The van der Waals surface area contributed by atoms with Crippen LogP contribution in [0.5, 0.6) is 0 Å². The van der Waals surface area contributed by atoms with Crippen molar-refractivity contribution in [3.63, 3.8) is 0 Å². The summed E-state index contributed by atoms with van der Waals surface area (Å²) >= 11 is 1.37. The highest BCUT2D eigenvalue weighted by atomic mass is 32.2. The number of nitrogens with two attached hydrogens (primary N) is 1. The van der Waals surface area contributed by atoms with E-state index in [0.717, 1.165) is 10.6 Å². The molecule has 0 radical (unpaired) electrons. The smallest absolute Gasteiger partial charge is 0.316 e. The maximum Gasteiger partial charge on any atom is 0.316 e. The molecule has 0 fully saturated rings. The van der Waals surface area contributed by atoms with E-state index in [1.807, 2.05) is 13.8 Å². The van der Waals surface area contributed by atoms with Gasteiger partial charge in [0.2, 0.25) is 9.84 Å². The molecule has 0 spiro atoms. The van der Waals surface area contributed by atoms with Crippen molar-refractivity contribution < 1.29 is 12.8 Å². The Morgan fingerprint density at radius 1 is 1.29 bits per heavy atom. The van der Waals surface area contributed by atoms with Crippen LogP contribution >= 0.6 is 11.3 Å². The van der Waals surface area contributed by atoms with Crippen molar-refractivity contribution in [1.82, 2.24) is 9.97 Å². The van der Waals surface area contributed by atoms with Gasteiger partial charge in [-0.15, -0.1) is 11.3 Å². The summed E-state index contributed by atoms with van der Waals surface area (Å²) in [6.45, 7) is 3.76. The topological polar surface area (TPSA) is 99.1 Å². The molecule has 3 aromatic rings. The minimum atomic E-state index is -3.66. The Labute approximate surface area is 125 Å². The Bertz CT molecular complexity index is 906. The van der Waals surface area contributed by atoms with E-state index in [9.17, 15) is 8.42 Å². The molecule has 0 atom stereocenters. The zero-order valence-electron chi connectivity index (χ0n) is 11.5. The molecule has 2 heterocycles. The summed E-state index contributed by atoms with van der Waals surface area (Å²) in [6.07, 6.45) is 0. The first-order valence-electron chi connectivity index (χ1n) is 6.17. The van der Waals surface area contributed by atoms with Crippen molar-refractivity contribution >= 4 is 38.0 Å². The maximum atomic E-state index is 12.4. The van der Waals surface area contributed by atoms with Gasteiger partial charge in [0.25, 0.3) is 0 Å². The third-order valence-corrected chi connectivity index (χ3v) is 5.66. The maximum absolute atomic E-state index is 12.4. The summed E-state index contributed by atoms with van der Waals surface area (Å²) in [6, 6.07) is 4.83. The fourth-order valence-electron chi connectivity index (χ4n) is 1.88. The average Bonchev–Trinajstić information content (AvgIpc) is 2.93. The molecule has 21 heavy (non-hydrogen) atoms. The number of anilines is 1. The van der Waals surface area contributed by atoms with Crippen LogP contribution in [0.25, 0.3) is 11.1 Å². The number of nitrogens with zero attached hydrogens (tertiary/aromatic N) is 2. The number of benzene rings is 1. The monoisotopic (exact) mass is 323 g/mol. The van der Waals surface area contributed by atoms with Crippen LogP contribution in [0, 0.1) is 13.8 Å². The summed E-state index contributed by atoms with van der Waals surface area (Å²) in [5.74, 6) is -0.214. The second kappa shape index (κ2) is 4.81. The largest absolute Gasteiger partial charge is 0.428 e. The first kappa shape index (κ1) is 14.0. The van der Waals surface area contributed by atoms with Crippen molar-refractivity contribution in [2.75, 3.05) is 5.73 Å². The van der Waals surface area contributed by atoms with E-state index < -0.39 is 9.84 Å². The highest BCUT2D eigenvalue weighted by Gasteiger charge is 2.24. The van der Waals surface area contributed by atoms with Gasteiger partial charge in [0.15, 0.2) is 5.58 Å². The summed E-state index contributed by atoms with van der Waals surface area (Å²) in [4.78, 5) is 9.26. The molecule has 110 valence electrons. The minimum Gasteiger partial charge on any atom is -0.428 e. The van der Waals surface area contributed by atoms with Gasteiger partial charge in [-0.1, -0.05) is 0 Å². The van der Waals surface area contributed by atoms with Gasteiger partial charge in [0, 0.05) is 16.6 Å². The normalized spacial score (nSPS) is 12.1. The van der Waals surface area contributed by atoms with Crippen molar-refractivity contribution in [2.24, 2.45) is 0 Å². The first-order valence-corrected chi connectivity index (χ1v) is 8.64. The second-order valence-electron chi connectivity index (χ2n) is 4.72. The van der Waals surface area contributed by atoms with E-state index in [4.69, 9.17) is 10.2 Å². The molecule has 0 aliphatic heterocycles. The van der Waals surface area contributed by atoms with Crippen molar-refractivity contribution in [3.05, 3.63) is 33.8 Å². The fourth-order valence-corrected chi connectivity index (χ4v) is 4.28. The van der Waals surface area contributed by atoms with Gasteiger partial charge in [-0.2, -0.15) is 4.98 Å². The number of sulfone groups is 1. The van der Waals surface area contributed by atoms with E-state index in [0.29, 0.717) is 21.8 Å². The molecular formula is C13H13N3O3S2. The molecule has 8 heteroatoms. The molecule has 1 aromatic carbocycles. The van der Waals surface area contributed by atoms with Gasteiger partial charge in [-0.25, -0.2) is 13.4 Å². The molecule has 0 saturated carbocycles. The Balaban J connectivity index is 1.99. The Morgan fingerprint density at radius 2 is 2.05 bits per heavy atom. The van der Waals surface area contributed by atoms with E-state index >= 15 is 0 Å². The van der Waals surface area contributed by atoms with E-state index in [1.54, 1.807) is 18.2 Å². The van der Waals surface area contributed by atoms with Crippen molar-refractivity contribution in [2.45, 2.75) is 24.8 Å². The molecule has 0 bridgehead atoms. The molecule has 0 saturated heterocycles. The molecule has 3 rings (SSSR count). The number of thiazole rings is 1. The summed E-state index contributed by atoms with van der Waals surface area (Å²) in [5, 5.41) is 0.236. The lowest BCUT2D eigenvalue weighted by Gasteiger charge is -1.95. The molecule has 0 amide bonds. The predicted octanol–water partition coefficient (Wildman–Crippen LogP) is 2.46. The lowest BCUT2D eigenvalue weighted by Crippen LogP contribution is -2.05. The zero-order chi connectivity index (χ0) is 15.2. The standard InChI is InChI=1S/C13H13N3O3S2/c1-7-8(2)20-12(15-7)6-21(17,18)13-16-10-4-3-9(14)5-11(10)19-13/h3-5H,6,14H2,1-2H3. The number of hydrogen-bond acceptors (Lipinski definition) is 7. The highest BCUT2D eigenvalue weighted by molar-refractivity contribution is 7.90. The number of aromatic nitrogens is 2. The van der Waals surface area contributed by atoms with Crippen molar-refractivity contribution in [3.8, 4) is 0 Å². The highest BCUT2D eigenvalue weighted by Crippen LogP contribution is 2.25. The number of aryl methyl sites for hydroxylation is 2. The summed E-state index contributed by atoms with van der Waals surface area (Å²) in [7, 11) is -3.66. The molecule has 6 nitrogen and oxygen atoms in total. The Morgan fingerprint density at radius 3 is 2.71 bits per heavy atom. The van der Waals surface area contributed by atoms with Crippen LogP contribution in [0.1, 0.15) is 15.6 Å². The quantitative estimate of drug-likeness (QED) is 0.743. The number of nitrogen functional groups attached to an aromatic ring is 1. The van der Waals surface area contributed by atoms with Gasteiger partial charge in [-0.3, -0.25) is 0 Å². The third kappa shape index (κ3) is 2.64. The molecule has 0 aliphatic carbocycles.